The van der Waals surface area contributed by atoms with E-state index in [4.69, 9.17) is 0 Å². The molecule has 1 aliphatic heterocycles. The average molecular weight is 372 g/mol. The van der Waals surface area contributed by atoms with Gasteiger partial charge in [-0.25, -0.2) is 18.7 Å². The highest BCUT2D eigenvalue weighted by Gasteiger charge is 2.44. The van der Waals surface area contributed by atoms with Crippen molar-refractivity contribution in [3.63, 3.8) is 0 Å². The summed E-state index contributed by atoms with van der Waals surface area (Å²) in [5.74, 6) is -2.45. The number of anilines is 1. The zero-order chi connectivity index (χ0) is 18.9. The fraction of sp³-hybridized carbons (Fsp3) is 0.421. The number of nitrogens with one attached hydrogen (secondary N) is 2. The standard InChI is InChI=1S/C19H22F2N6/c1-13-3-2-4-14(9-13)5-7-27-8-6-16(19(20,21)11-27)25-17-15-10-24-26-18(15)23-12-22-17/h2-4,9-10,12,16H,5-8,11H2,1H3,(H2,22,23,24,25,26). The molecule has 0 bridgehead atoms. The van der Waals surface area contributed by atoms with E-state index >= 15 is 0 Å². The lowest BCUT2D eigenvalue weighted by Gasteiger charge is -2.38. The van der Waals surface area contributed by atoms with Crippen molar-refractivity contribution in [3.05, 3.63) is 47.9 Å². The minimum atomic E-state index is -2.84. The summed E-state index contributed by atoms with van der Waals surface area (Å²) in [6.45, 7) is 3.04. The number of aromatic amines is 1. The Labute approximate surface area is 156 Å². The van der Waals surface area contributed by atoms with Crippen molar-refractivity contribution < 1.29 is 8.78 Å². The lowest BCUT2D eigenvalue weighted by molar-refractivity contribution is -0.0734. The summed E-state index contributed by atoms with van der Waals surface area (Å²) in [6, 6.07) is 7.25. The molecule has 8 heteroatoms. The molecule has 2 N–H and O–H groups in total. The van der Waals surface area contributed by atoms with Gasteiger partial charge in [0.2, 0.25) is 0 Å². The van der Waals surface area contributed by atoms with Crippen LogP contribution in [0.4, 0.5) is 14.6 Å². The van der Waals surface area contributed by atoms with Gasteiger partial charge in [-0.15, -0.1) is 0 Å². The summed E-state index contributed by atoms with van der Waals surface area (Å²) in [7, 11) is 0. The lowest BCUT2D eigenvalue weighted by atomic mass is 9.99. The average Bonchev–Trinajstić information content (AvgIpc) is 3.11. The summed E-state index contributed by atoms with van der Waals surface area (Å²) < 4.78 is 29.5. The molecular formula is C19H22F2N6. The van der Waals surface area contributed by atoms with Gasteiger partial charge in [0, 0.05) is 13.1 Å². The highest BCUT2D eigenvalue weighted by atomic mass is 19.3. The molecule has 1 unspecified atom stereocenters. The zero-order valence-corrected chi connectivity index (χ0v) is 15.1. The molecule has 1 atom stereocenters. The first-order chi connectivity index (χ1) is 13.0. The maximum absolute atomic E-state index is 14.7. The SMILES string of the molecule is Cc1cccc(CCN2CCC(Nc3ncnc4[nH]ncc34)C(F)(F)C2)c1. The van der Waals surface area contributed by atoms with Crippen LogP contribution >= 0.6 is 0 Å². The topological polar surface area (TPSA) is 69.7 Å². The minimum absolute atomic E-state index is 0.254. The molecule has 4 rings (SSSR count). The number of hydrogen-bond acceptors (Lipinski definition) is 5. The van der Waals surface area contributed by atoms with Gasteiger partial charge in [-0.05, 0) is 25.3 Å². The molecule has 0 spiro atoms. The third kappa shape index (κ3) is 3.90. The molecule has 3 aromatic rings. The molecule has 1 saturated heterocycles. The Morgan fingerprint density at radius 3 is 3.04 bits per heavy atom. The van der Waals surface area contributed by atoms with Gasteiger partial charge in [-0.3, -0.25) is 10.00 Å². The van der Waals surface area contributed by atoms with Crippen molar-refractivity contribution in [1.82, 2.24) is 25.1 Å². The number of hydrogen-bond donors (Lipinski definition) is 2. The molecule has 6 nitrogen and oxygen atoms in total. The van der Waals surface area contributed by atoms with E-state index in [1.54, 1.807) is 6.20 Å². The number of H-pyrrole nitrogens is 1. The molecule has 142 valence electrons. The van der Waals surface area contributed by atoms with Crippen molar-refractivity contribution in [3.8, 4) is 0 Å². The Bertz CT molecular complexity index is 925. The fourth-order valence-electron chi connectivity index (χ4n) is 3.58. The smallest absolute Gasteiger partial charge is 0.280 e. The van der Waals surface area contributed by atoms with Gasteiger partial charge in [-0.2, -0.15) is 5.10 Å². The fourth-order valence-corrected chi connectivity index (χ4v) is 3.58. The molecule has 2 aromatic heterocycles. The molecule has 1 aliphatic rings. The molecule has 3 heterocycles. The molecule has 1 fully saturated rings. The number of piperidine rings is 1. The Morgan fingerprint density at radius 2 is 2.22 bits per heavy atom. The number of alkyl halides is 2. The number of nitrogens with zero attached hydrogens (tertiary/aromatic N) is 4. The molecule has 0 saturated carbocycles. The first-order valence-electron chi connectivity index (χ1n) is 9.07. The summed E-state index contributed by atoms with van der Waals surface area (Å²) >= 11 is 0. The quantitative estimate of drug-likeness (QED) is 0.721. The van der Waals surface area contributed by atoms with E-state index in [2.05, 4.69) is 31.5 Å². The maximum atomic E-state index is 14.7. The van der Waals surface area contributed by atoms with Gasteiger partial charge >= 0.3 is 0 Å². The van der Waals surface area contributed by atoms with Crippen LogP contribution in [-0.2, 0) is 6.42 Å². The molecule has 0 radical (unpaired) electrons. The highest BCUT2D eigenvalue weighted by molar-refractivity contribution is 5.85. The van der Waals surface area contributed by atoms with E-state index in [1.165, 1.54) is 17.5 Å². The zero-order valence-electron chi connectivity index (χ0n) is 15.1. The number of aryl methyl sites for hydroxylation is 1. The van der Waals surface area contributed by atoms with Gasteiger partial charge in [0.05, 0.1) is 24.2 Å². The maximum Gasteiger partial charge on any atom is 0.280 e. The van der Waals surface area contributed by atoms with E-state index in [9.17, 15) is 8.78 Å². The van der Waals surface area contributed by atoms with Gasteiger partial charge < -0.3 is 5.32 Å². The normalized spacial score (nSPS) is 20.0. The lowest BCUT2D eigenvalue weighted by Crippen LogP contribution is -2.54. The molecule has 0 aliphatic carbocycles. The van der Waals surface area contributed by atoms with Gasteiger partial charge in [-0.1, -0.05) is 29.8 Å². The van der Waals surface area contributed by atoms with E-state index in [1.807, 2.05) is 30.0 Å². The van der Waals surface area contributed by atoms with E-state index in [0.29, 0.717) is 36.4 Å². The highest BCUT2D eigenvalue weighted by Crippen LogP contribution is 2.31. The first kappa shape index (κ1) is 17.8. The Balaban J connectivity index is 1.39. The number of halogens is 2. The molecular weight excluding hydrogens is 350 g/mol. The number of fused-ring (bicyclic) bond motifs is 1. The second-order valence-electron chi connectivity index (χ2n) is 7.12. The molecule has 0 amide bonds. The second-order valence-corrected chi connectivity index (χ2v) is 7.12. The minimum Gasteiger partial charge on any atom is -0.360 e. The van der Waals surface area contributed by atoms with Crippen LogP contribution in [0.5, 0.6) is 0 Å². The summed E-state index contributed by atoms with van der Waals surface area (Å²) in [4.78, 5) is 9.99. The molecule has 27 heavy (non-hydrogen) atoms. The predicted molar refractivity (Wildman–Crippen MR) is 100.0 cm³/mol. The third-order valence-corrected chi connectivity index (χ3v) is 5.04. The van der Waals surface area contributed by atoms with Gasteiger partial charge in [0.25, 0.3) is 5.92 Å². The van der Waals surface area contributed by atoms with Crippen LogP contribution in [0.3, 0.4) is 0 Å². The number of aromatic nitrogens is 4. The van der Waals surface area contributed by atoms with Crippen LogP contribution in [0, 0.1) is 6.92 Å². The Morgan fingerprint density at radius 1 is 1.33 bits per heavy atom. The van der Waals surface area contributed by atoms with Crippen molar-refractivity contribution >= 4 is 16.9 Å². The van der Waals surface area contributed by atoms with Gasteiger partial charge in [0.15, 0.2) is 5.65 Å². The molecule has 1 aromatic carbocycles. The second kappa shape index (κ2) is 7.19. The van der Waals surface area contributed by atoms with Crippen molar-refractivity contribution in [2.75, 3.05) is 25.0 Å². The van der Waals surface area contributed by atoms with E-state index < -0.39 is 12.0 Å². The van der Waals surface area contributed by atoms with Crippen molar-refractivity contribution in [1.29, 1.82) is 0 Å². The van der Waals surface area contributed by atoms with Crippen molar-refractivity contribution in [2.45, 2.75) is 31.7 Å². The summed E-state index contributed by atoms with van der Waals surface area (Å²) in [5, 5.41) is 10.2. The number of rotatable bonds is 5. The van der Waals surface area contributed by atoms with Crippen LogP contribution in [0.25, 0.3) is 11.0 Å². The van der Waals surface area contributed by atoms with Crippen LogP contribution in [0.1, 0.15) is 17.5 Å². The van der Waals surface area contributed by atoms with Gasteiger partial charge in [0.1, 0.15) is 12.1 Å². The van der Waals surface area contributed by atoms with Crippen LogP contribution < -0.4 is 5.32 Å². The van der Waals surface area contributed by atoms with Crippen LogP contribution in [-0.4, -0.2) is 56.7 Å². The summed E-state index contributed by atoms with van der Waals surface area (Å²) in [6.07, 6.45) is 4.02. The Hall–Kier alpha value is -2.61. The van der Waals surface area contributed by atoms with E-state index in [-0.39, 0.29) is 6.54 Å². The van der Waals surface area contributed by atoms with Crippen molar-refractivity contribution in [2.24, 2.45) is 0 Å². The third-order valence-electron chi connectivity index (χ3n) is 5.04. The summed E-state index contributed by atoms with van der Waals surface area (Å²) in [5.41, 5.74) is 2.91. The van der Waals surface area contributed by atoms with Crippen LogP contribution in [0.2, 0.25) is 0 Å². The largest absolute Gasteiger partial charge is 0.360 e. The van der Waals surface area contributed by atoms with Crippen LogP contribution in [0.15, 0.2) is 36.8 Å². The first-order valence-corrected chi connectivity index (χ1v) is 9.07. The number of benzene rings is 1. The Kier molecular flexibility index (Phi) is 4.73. The van der Waals surface area contributed by atoms with E-state index in [0.717, 1.165) is 6.42 Å². The predicted octanol–water partition coefficient (Wildman–Crippen LogP) is 3.03. The monoisotopic (exact) mass is 372 g/mol. The number of likely N-dealkylation sites (tertiary alicyclic amines) is 1.